The van der Waals surface area contributed by atoms with Gasteiger partial charge >= 0.3 is 0 Å². The number of nitrogens with two attached hydrogens (primary N) is 1. The zero-order valence-electron chi connectivity index (χ0n) is 16.8. The summed E-state index contributed by atoms with van der Waals surface area (Å²) in [7, 11) is -3.72. The minimum absolute atomic E-state index is 0.0620. The molecular weight excluding hydrogens is 490 g/mol. The van der Waals surface area contributed by atoms with Gasteiger partial charge in [0.25, 0.3) is 15.9 Å². The summed E-state index contributed by atoms with van der Waals surface area (Å²) < 4.78 is 27.7. The highest BCUT2D eigenvalue weighted by molar-refractivity contribution is 7.91. The Labute approximate surface area is 198 Å². The first kappa shape index (κ1) is 22.9. The summed E-state index contributed by atoms with van der Waals surface area (Å²) in [5, 5.41) is 3.17. The van der Waals surface area contributed by atoms with E-state index in [2.05, 4.69) is 5.32 Å². The average molecular weight is 510 g/mol. The molecule has 4 rings (SSSR count). The predicted molar refractivity (Wildman–Crippen MR) is 128 cm³/mol. The van der Waals surface area contributed by atoms with E-state index in [1.54, 1.807) is 12.1 Å². The lowest BCUT2D eigenvalue weighted by atomic mass is 9.99. The van der Waals surface area contributed by atoms with Crippen LogP contribution in [-0.4, -0.2) is 37.6 Å². The van der Waals surface area contributed by atoms with Crippen molar-refractivity contribution >= 4 is 61.1 Å². The summed E-state index contributed by atoms with van der Waals surface area (Å²) in [5.41, 5.74) is 6.66. The van der Waals surface area contributed by atoms with E-state index >= 15 is 0 Å². The summed E-state index contributed by atoms with van der Waals surface area (Å²) >= 11 is 8.15. The van der Waals surface area contributed by atoms with Crippen LogP contribution in [0.25, 0.3) is 10.4 Å². The number of amides is 2. The van der Waals surface area contributed by atoms with Gasteiger partial charge in [-0.25, -0.2) is 8.42 Å². The fourth-order valence-electron chi connectivity index (χ4n) is 3.56. The molecule has 2 aromatic heterocycles. The highest BCUT2D eigenvalue weighted by Gasteiger charge is 2.34. The first-order chi connectivity index (χ1) is 15.3. The van der Waals surface area contributed by atoms with Gasteiger partial charge in [-0.15, -0.1) is 22.7 Å². The Morgan fingerprint density at radius 2 is 1.88 bits per heavy atom. The van der Waals surface area contributed by atoms with Gasteiger partial charge in [-0.1, -0.05) is 41.9 Å². The average Bonchev–Trinajstić information content (AvgIpc) is 3.41. The minimum atomic E-state index is -3.72. The third kappa shape index (κ3) is 4.74. The van der Waals surface area contributed by atoms with Crippen LogP contribution < -0.4 is 11.1 Å². The molecule has 1 unspecified atom stereocenters. The number of anilines is 1. The third-order valence-corrected chi connectivity index (χ3v) is 9.85. The monoisotopic (exact) mass is 509 g/mol. The molecular formula is C21H20ClN3O4S3. The number of halogens is 1. The number of carbonyl (C=O) groups is 2. The van der Waals surface area contributed by atoms with E-state index in [1.807, 2.05) is 30.3 Å². The zero-order valence-corrected chi connectivity index (χ0v) is 20.0. The number of primary amides is 1. The second-order valence-electron chi connectivity index (χ2n) is 7.33. The second kappa shape index (κ2) is 9.32. The van der Waals surface area contributed by atoms with E-state index < -0.39 is 21.8 Å². The van der Waals surface area contributed by atoms with Crippen LogP contribution >= 0.6 is 34.3 Å². The number of benzene rings is 1. The summed E-state index contributed by atoms with van der Waals surface area (Å²) in [4.78, 5) is 25.8. The van der Waals surface area contributed by atoms with Crippen molar-refractivity contribution in [3.8, 4) is 10.4 Å². The van der Waals surface area contributed by atoms with Gasteiger partial charge in [-0.2, -0.15) is 4.31 Å². The Morgan fingerprint density at radius 3 is 2.53 bits per heavy atom. The van der Waals surface area contributed by atoms with E-state index in [4.69, 9.17) is 17.3 Å². The van der Waals surface area contributed by atoms with Crippen LogP contribution in [-0.2, 0) is 14.8 Å². The number of hydrogen-bond acceptors (Lipinski definition) is 6. The van der Waals surface area contributed by atoms with Crippen molar-refractivity contribution in [1.82, 2.24) is 4.31 Å². The molecule has 0 spiro atoms. The lowest BCUT2D eigenvalue weighted by molar-refractivity contribution is -0.120. The molecule has 2 amide bonds. The lowest BCUT2D eigenvalue weighted by Gasteiger charge is -2.30. The first-order valence-corrected chi connectivity index (χ1v) is 13.3. The normalized spacial score (nSPS) is 17.2. The van der Waals surface area contributed by atoms with Crippen LogP contribution in [0.4, 0.5) is 5.00 Å². The molecule has 1 aliphatic rings. The molecule has 3 heterocycles. The Morgan fingerprint density at radius 1 is 1.12 bits per heavy atom. The summed E-state index contributed by atoms with van der Waals surface area (Å²) in [6, 6.07) is 14.1. The SMILES string of the molecule is NC(=O)c1cc(-c2ccccc2)sc1NC(=O)C1CCCN(S(=O)(=O)c2ccc(Cl)s2)C1. The topological polar surface area (TPSA) is 110 Å². The Bertz CT molecular complexity index is 1250. The van der Waals surface area contributed by atoms with Crippen molar-refractivity contribution in [2.45, 2.75) is 17.1 Å². The molecule has 1 atom stereocenters. The van der Waals surface area contributed by atoms with Crippen LogP contribution in [0.3, 0.4) is 0 Å². The fraction of sp³-hybridized carbons (Fsp3) is 0.238. The maximum absolute atomic E-state index is 13.0. The molecule has 1 aromatic carbocycles. The largest absolute Gasteiger partial charge is 0.366 e. The highest BCUT2D eigenvalue weighted by Crippen LogP contribution is 2.36. The van der Waals surface area contributed by atoms with Gasteiger partial charge in [0, 0.05) is 18.0 Å². The lowest BCUT2D eigenvalue weighted by Crippen LogP contribution is -2.43. The molecule has 11 heteroatoms. The molecule has 0 bridgehead atoms. The quantitative estimate of drug-likeness (QED) is 0.517. The van der Waals surface area contributed by atoms with Crippen molar-refractivity contribution in [2.24, 2.45) is 11.7 Å². The van der Waals surface area contributed by atoms with Gasteiger partial charge in [0.05, 0.1) is 15.8 Å². The van der Waals surface area contributed by atoms with Gasteiger partial charge in [-0.3, -0.25) is 9.59 Å². The molecule has 168 valence electrons. The molecule has 0 saturated carbocycles. The molecule has 7 nitrogen and oxygen atoms in total. The van der Waals surface area contributed by atoms with Crippen molar-refractivity contribution in [1.29, 1.82) is 0 Å². The van der Waals surface area contributed by atoms with E-state index in [0.29, 0.717) is 28.7 Å². The highest BCUT2D eigenvalue weighted by atomic mass is 35.5. The predicted octanol–water partition coefficient (Wildman–Crippen LogP) is 4.27. The molecule has 3 N–H and O–H groups in total. The number of thiophene rings is 2. The molecule has 0 radical (unpaired) electrons. The van der Waals surface area contributed by atoms with E-state index in [1.165, 1.54) is 21.7 Å². The van der Waals surface area contributed by atoms with Crippen molar-refractivity contribution < 1.29 is 18.0 Å². The summed E-state index contributed by atoms with van der Waals surface area (Å²) in [6.45, 7) is 0.401. The number of hydrogen-bond donors (Lipinski definition) is 2. The third-order valence-electron chi connectivity index (χ3n) is 5.19. The zero-order chi connectivity index (χ0) is 22.9. The Hall–Kier alpha value is -2.24. The minimum Gasteiger partial charge on any atom is -0.366 e. The number of rotatable bonds is 6. The smallest absolute Gasteiger partial charge is 0.252 e. The first-order valence-electron chi connectivity index (χ1n) is 9.81. The molecule has 32 heavy (non-hydrogen) atoms. The van der Waals surface area contributed by atoms with E-state index in [0.717, 1.165) is 21.8 Å². The maximum atomic E-state index is 13.0. The van der Waals surface area contributed by atoms with Crippen LogP contribution in [0.1, 0.15) is 23.2 Å². The van der Waals surface area contributed by atoms with Gasteiger partial charge in [-0.05, 0) is 36.6 Å². The number of piperidine rings is 1. The molecule has 1 saturated heterocycles. The van der Waals surface area contributed by atoms with E-state index in [-0.39, 0.29) is 22.2 Å². The maximum Gasteiger partial charge on any atom is 0.252 e. The molecule has 1 fully saturated rings. The van der Waals surface area contributed by atoms with Crippen LogP contribution in [0.2, 0.25) is 4.34 Å². The molecule has 1 aliphatic heterocycles. The fourth-order valence-corrected chi connectivity index (χ4v) is 7.80. The number of nitrogens with zero attached hydrogens (tertiary/aromatic N) is 1. The molecule has 0 aliphatic carbocycles. The van der Waals surface area contributed by atoms with Gasteiger partial charge < -0.3 is 11.1 Å². The Balaban J connectivity index is 1.53. The van der Waals surface area contributed by atoms with Crippen molar-refractivity contribution in [3.05, 3.63) is 58.4 Å². The van der Waals surface area contributed by atoms with Gasteiger partial charge in [0.1, 0.15) is 9.21 Å². The molecule has 3 aromatic rings. The summed E-state index contributed by atoms with van der Waals surface area (Å²) in [5.74, 6) is -1.52. The number of sulfonamides is 1. The van der Waals surface area contributed by atoms with Gasteiger partial charge in [0.2, 0.25) is 5.91 Å². The van der Waals surface area contributed by atoms with Crippen molar-refractivity contribution in [3.63, 3.8) is 0 Å². The van der Waals surface area contributed by atoms with Crippen LogP contribution in [0.5, 0.6) is 0 Å². The summed E-state index contributed by atoms with van der Waals surface area (Å²) in [6.07, 6.45) is 1.10. The van der Waals surface area contributed by atoms with Crippen molar-refractivity contribution in [2.75, 3.05) is 18.4 Å². The van der Waals surface area contributed by atoms with Gasteiger partial charge in [0.15, 0.2) is 0 Å². The standard InChI is InChI=1S/C21H20ClN3O4S3/c22-17-8-9-18(31-17)32(28,29)25-10-4-7-14(12-25)20(27)24-21-15(19(23)26)11-16(30-21)13-5-2-1-3-6-13/h1-3,5-6,8-9,11,14H,4,7,10,12H2,(H2,23,26)(H,24,27). The second-order valence-corrected chi connectivity index (χ2v) is 12.3. The number of carbonyl (C=O) groups excluding carboxylic acids is 2. The van der Waals surface area contributed by atoms with E-state index in [9.17, 15) is 18.0 Å². The van der Waals surface area contributed by atoms with Crippen LogP contribution in [0.15, 0.2) is 52.7 Å². The van der Waals surface area contributed by atoms with Crippen LogP contribution in [0, 0.1) is 5.92 Å². The Kier molecular flexibility index (Phi) is 6.68. The number of nitrogens with one attached hydrogen (secondary N) is 1.